The fourth-order valence-corrected chi connectivity index (χ4v) is 5.03. The van der Waals surface area contributed by atoms with Crippen molar-refractivity contribution >= 4 is 46.3 Å². The normalized spacial score (nSPS) is 15.2. The Hall–Kier alpha value is -2.46. The second-order valence-corrected chi connectivity index (χ2v) is 8.87. The van der Waals surface area contributed by atoms with Gasteiger partial charge in [-0.1, -0.05) is 25.8 Å². The second kappa shape index (κ2) is 9.36. The van der Waals surface area contributed by atoms with Gasteiger partial charge < -0.3 is 21.7 Å². The van der Waals surface area contributed by atoms with Crippen LogP contribution >= 0.6 is 22.9 Å². The highest BCUT2D eigenvalue weighted by molar-refractivity contribution is 7.10. The molecule has 156 valence electrons. The van der Waals surface area contributed by atoms with E-state index in [9.17, 15) is 14.4 Å². The van der Waals surface area contributed by atoms with Crippen LogP contribution in [0.3, 0.4) is 0 Å². The number of nitrogens with two attached hydrogens (primary N) is 2. The van der Waals surface area contributed by atoms with E-state index in [1.54, 1.807) is 0 Å². The van der Waals surface area contributed by atoms with Gasteiger partial charge in [0.1, 0.15) is 10.9 Å². The first-order chi connectivity index (χ1) is 13.9. The molecule has 1 atom stereocenters. The average molecular weight is 436 g/mol. The molecule has 0 spiro atoms. The number of carbonyl (C=O) groups is 3. The van der Waals surface area contributed by atoms with Crippen molar-refractivity contribution in [3.8, 4) is 0 Å². The number of hydrogen-bond acceptors (Lipinski definition) is 7. The first kappa shape index (κ1) is 21.3. The Balaban J connectivity index is 1.89. The van der Waals surface area contributed by atoms with Gasteiger partial charge in [0.2, 0.25) is 5.91 Å². The molecule has 1 fully saturated rings. The SMILES string of the molecule is CCC(C(=O)NC1CCCC1)N(Cc1cccs1)C(=O)c1snc(C(N)=O)c1N. The molecule has 0 aromatic carbocycles. The summed E-state index contributed by atoms with van der Waals surface area (Å²) < 4.78 is 3.93. The van der Waals surface area contributed by atoms with E-state index in [0.29, 0.717) is 6.42 Å². The molecular weight excluding hydrogens is 410 g/mol. The zero-order chi connectivity index (χ0) is 21.0. The molecule has 29 heavy (non-hydrogen) atoms. The van der Waals surface area contributed by atoms with Gasteiger partial charge >= 0.3 is 0 Å². The van der Waals surface area contributed by atoms with E-state index in [-0.39, 0.29) is 34.8 Å². The molecule has 2 heterocycles. The number of rotatable bonds is 8. The molecule has 1 aliphatic carbocycles. The minimum Gasteiger partial charge on any atom is -0.395 e. The molecule has 2 aromatic rings. The third-order valence-electron chi connectivity index (χ3n) is 5.09. The van der Waals surface area contributed by atoms with E-state index < -0.39 is 17.9 Å². The van der Waals surface area contributed by atoms with E-state index in [0.717, 1.165) is 42.1 Å². The van der Waals surface area contributed by atoms with Crippen LogP contribution in [0.4, 0.5) is 5.69 Å². The number of nitrogens with one attached hydrogen (secondary N) is 1. The molecule has 1 aliphatic rings. The molecule has 8 nitrogen and oxygen atoms in total. The van der Waals surface area contributed by atoms with Crippen LogP contribution in [0.25, 0.3) is 0 Å². The number of thiophene rings is 1. The molecule has 0 radical (unpaired) electrons. The largest absolute Gasteiger partial charge is 0.395 e. The summed E-state index contributed by atoms with van der Waals surface area (Å²) in [5, 5.41) is 5.01. The number of anilines is 1. The molecule has 2 aromatic heterocycles. The summed E-state index contributed by atoms with van der Waals surface area (Å²) in [5.74, 6) is -1.37. The van der Waals surface area contributed by atoms with Crippen molar-refractivity contribution in [2.75, 3.05) is 5.73 Å². The van der Waals surface area contributed by atoms with E-state index in [1.807, 2.05) is 24.4 Å². The van der Waals surface area contributed by atoms with Gasteiger partial charge in [-0.15, -0.1) is 11.3 Å². The summed E-state index contributed by atoms with van der Waals surface area (Å²) in [7, 11) is 0. The summed E-state index contributed by atoms with van der Waals surface area (Å²) in [4.78, 5) is 40.4. The third kappa shape index (κ3) is 4.76. The summed E-state index contributed by atoms with van der Waals surface area (Å²) in [6.07, 6.45) is 4.59. The van der Waals surface area contributed by atoms with Crippen LogP contribution in [0.15, 0.2) is 17.5 Å². The lowest BCUT2D eigenvalue weighted by Crippen LogP contribution is -2.50. The van der Waals surface area contributed by atoms with Gasteiger partial charge in [-0.05, 0) is 42.2 Å². The van der Waals surface area contributed by atoms with Crippen molar-refractivity contribution in [1.82, 2.24) is 14.6 Å². The van der Waals surface area contributed by atoms with Crippen LogP contribution in [-0.4, -0.2) is 39.1 Å². The summed E-state index contributed by atoms with van der Waals surface area (Å²) in [5.41, 5.74) is 11.1. The number of primary amides is 1. The minimum absolute atomic E-state index is 0.0327. The van der Waals surface area contributed by atoms with Gasteiger partial charge in [-0.2, -0.15) is 4.37 Å². The van der Waals surface area contributed by atoms with Crippen LogP contribution in [0.5, 0.6) is 0 Å². The highest BCUT2D eigenvalue weighted by Gasteiger charge is 2.34. The topological polar surface area (TPSA) is 131 Å². The molecule has 0 bridgehead atoms. The van der Waals surface area contributed by atoms with Crippen LogP contribution in [0.2, 0.25) is 0 Å². The smallest absolute Gasteiger partial charge is 0.270 e. The second-order valence-electron chi connectivity index (χ2n) is 7.06. The van der Waals surface area contributed by atoms with Crippen LogP contribution in [0, 0.1) is 0 Å². The van der Waals surface area contributed by atoms with E-state index in [4.69, 9.17) is 11.5 Å². The van der Waals surface area contributed by atoms with Gasteiger partial charge in [0.15, 0.2) is 5.69 Å². The number of nitrogen functional groups attached to an aromatic ring is 1. The molecule has 5 N–H and O–H groups in total. The zero-order valence-corrected chi connectivity index (χ0v) is 17.9. The molecule has 1 unspecified atom stereocenters. The van der Waals surface area contributed by atoms with E-state index >= 15 is 0 Å². The van der Waals surface area contributed by atoms with Gasteiger partial charge in [0.05, 0.1) is 12.2 Å². The van der Waals surface area contributed by atoms with Crippen molar-refractivity contribution in [2.45, 2.75) is 57.7 Å². The maximum absolute atomic E-state index is 13.4. The Morgan fingerprint density at radius 1 is 1.34 bits per heavy atom. The quantitative estimate of drug-likeness (QED) is 0.586. The maximum Gasteiger partial charge on any atom is 0.270 e. The zero-order valence-electron chi connectivity index (χ0n) is 16.2. The van der Waals surface area contributed by atoms with E-state index in [1.165, 1.54) is 16.2 Å². The Morgan fingerprint density at radius 2 is 2.07 bits per heavy atom. The molecule has 10 heteroatoms. The van der Waals surface area contributed by atoms with E-state index in [2.05, 4.69) is 9.69 Å². The Kier molecular flexibility index (Phi) is 6.86. The van der Waals surface area contributed by atoms with Gasteiger partial charge in [-0.25, -0.2) is 0 Å². The first-order valence-electron chi connectivity index (χ1n) is 9.61. The lowest BCUT2D eigenvalue weighted by molar-refractivity contribution is -0.126. The summed E-state index contributed by atoms with van der Waals surface area (Å²) in [6.45, 7) is 2.15. The molecule has 1 saturated carbocycles. The third-order valence-corrected chi connectivity index (χ3v) is 6.80. The van der Waals surface area contributed by atoms with Crippen molar-refractivity contribution < 1.29 is 14.4 Å². The van der Waals surface area contributed by atoms with Crippen molar-refractivity contribution in [2.24, 2.45) is 5.73 Å². The van der Waals surface area contributed by atoms with Crippen molar-refractivity contribution in [1.29, 1.82) is 0 Å². The average Bonchev–Trinajstić information content (AvgIpc) is 3.43. The lowest BCUT2D eigenvalue weighted by atomic mass is 10.1. The standard InChI is InChI=1S/C19H25N5O3S2/c1-2-13(18(26)22-11-6-3-4-7-11)24(10-12-8-5-9-28-12)19(27)16-14(20)15(17(21)25)23-29-16/h5,8-9,11,13H,2-4,6-7,10,20H2,1H3,(H2,21,25)(H,22,26). The Bertz CT molecular complexity index is 875. The number of aromatic nitrogens is 1. The number of nitrogens with zero attached hydrogens (tertiary/aromatic N) is 2. The van der Waals surface area contributed by atoms with Crippen LogP contribution in [-0.2, 0) is 11.3 Å². The van der Waals surface area contributed by atoms with Gasteiger partial charge in [0.25, 0.3) is 11.8 Å². The van der Waals surface area contributed by atoms with Gasteiger partial charge in [-0.3, -0.25) is 14.4 Å². The Morgan fingerprint density at radius 3 is 2.62 bits per heavy atom. The summed E-state index contributed by atoms with van der Waals surface area (Å²) >= 11 is 2.34. The minimum atomic E-state index is -0.784. The highest BCUT2D eigenvalue weighted by Crippen LogP contribution is 2.27. The van der Waals surface area contributed by atoms with Crippen LogP contribution in [0.1, 0.15) is 64.1 Å². The first-order valence-corrected chi connectivity index (χ1v) is 11.3. The van der Waals surface area contributed by atoms with Crippen LogP contribution < -0.4 is 16.8 Å². The van der Waals surface area contributed by atoms with Crippen molar-refractivity contribution in [3.05, 3.63) is 33.0 Å². The molecule has 0 saturated heterocycles. The fraction of sp³-hybridized carbons (Fsp3) is 0.474. The predicted molar refractivity (Wildman–Crippen MR) is 114 cm³/mol. The molecule has 0 aliphatic heterocycles. The monoisotopic (exact) mass is 435 g/mol. The number of hydrogen-bond donors (Lipinski definition) is 3. The lowest BCUT2D eigenvalue weighted by Gasteiger charge is -2.30. The highest BCUT2D eigenvalue weighted by atomic mass is 32.1. The number of amides is 3. The summed E-state index contributed by atoms with van der Waals surface area (Å²) in [6, 6.07) is 3.32. The molecule has 3 amide bonds. The van der Waals surface area contributed by atoms with Crippen molar-refractivity contribution in [3.63, 3.8) is 0 Å². The molecular formula is C19H25N5O3S2. The molecule has 3 rings (SSSR count). The predicted octanol–water partition coefficient (Wildman–Crippen LogP) is 2.37. The number of carbonyl (C=O) groups excluding carboxylic acids is 3. The Labute approximate surface area is 177 Å². The maximum atomic E-state index is 13.4. The fourth-order valence-electron chi connectivity index (χ4n) is 3.57. The van der Waals surface area contributed by atoms with Gasteiger partial charge in [0, 0.05) is 10.9 Å².